The molecule has 2 aliphatic carbocycles. The molecular weight excluding hydrogens is 264 g/mol. The van der Waals surface area contributed by atoms with Crippen molar-refractivity contribution in [2.24, 2.45) is 17.8 Å². The summed E-state index contributed by atoms with van der Waals surface area (Å²) in [5, 5.41) is 0. The van der Waals surface area contributed by atoms with Gasteiger partial charge in [0.2, 0.25) is 5.60 Å². The summed E-state index contributed by atoms with van der Waals surface area (Å²) in [7, 11) is 0. The standard InChI is InChI=1S/C14H18O6/c1-6(15)20-14(2,3)13(17)19-10-7-4-8-9(5-7)12(16)18-11(8)10/h7-11H,4-5H2,1-3H3. The van der Waals surface area contributed by atoms with Crippen molar-refractivity contribution in [2.45, 2.75) is 51.4 Å². The Hall–Kier alpha value is -1.59. The maximum atomic E-state index is 12.1. The quantitative estimate of drug-likeness (QED) is 0.563. The molecule has 2 saturated carbocycles. The summed E-state index contributed by atoms with van der Waals surface area (Å²) in [6, 6.07) is 0. The lowest BCUT2D eigenvalue weighted by Crippen LogP contribution is -2.44. The highest BCUT2D eigenvalue weighted by atomic mass is 16.6. The van der Waals surface area contributed by atoms with Gasteiger partial charge in [-0.25, -0.2) is 4.79 Å². The lowest BCUT2D eigenvalue weighted by molar-refractivity contribution is -0.187. The van der Waals surface area contributed by atoms with Crippen LogP contribution >= 0.6 is 0 Å². The van der Waals surface area contributed by atoms with Crippen molar-refractivity contribution >= 4 is 17.9 Å². The maximum absolute atomic E-state index is 12.1. The highest BCUT2D eigenvalue weighted by Gasteiger charge is 2.63. The molecular formula is C14H18O6. The molecule has 110 valence electrons. The van der Waals surface area contributed by atoms with Crippen LogP contribution in [-0.4, -0.2) is 35.7 Å². The van der Waals surface area contributed by atoms with Crippen molar-refractivity contribution in [3.05, 3.63) is 0 Å². The Kier molecular flexibility index (Phi) is 2.81. The highest BCUT2D eigenvalue weighted by molar-refractivity contribution is 5.82. The van der Waals surface area contributed by atoms with Gasteiger partial charge in [0.15, 0.2) is 0 Å². The molecule has 3 aliphatic rings. The van der Waals surface area contributed by atoms with Crippen molar-refractivity contribution in [1.29, 1.82) is 0 Å². The van der Waals surface area contributed by atoms with E-state index >= 15 is 0 Å². The summed E-state index contributed by atoms with van der Waals surface area (Å²) < 4.78 is 15.8. The minimum Gasteiger partial charge on any atom is -0.458 e. The third-order valence-electron chi connectivity index (χ3n) is 4.55. The minimum absolute atomic E-state index is 0.0126. The lowest BCUT2D eigenvalue weighted by atomic mass is 9.88. The zero-order valence-corrected chi connectivity index (χ0v) is 11.8. The molecule has 6 heteroatoms. The Labute approximate surface area is 116 Å². The number of hydrogen-bond acceptors (Lipinski definition) is 6. The number of rotatable bonds is 3. The summed E-state index contributed by atoms with van der Waals surface area (Å²) in [5.74, 6) is -0.945. The second kappa shape index (κ2) is 4.20. The van der Waals surface area contributed by atoms with E-state index in [1.54, 1.807) is 0 Å². The number of fused-ring (bicyclic) bond motifs is 1. The summed E-state index contributed by atoms with van der Waals surface area (Å²) in [6.45, 7) is 4.23. The van der Waals surface area contributed by atoms with Crippen molar-refractivity contribution in [3.63, 3.8) is 0 Å². The van der Waals surface area contributed by atoms with E-state index in [0.29, 0.717) is 0 Å². The molecule has 1 aliphatic heterocycles. The van der Waals surface area contributed by atoms with Crippen LogP contribution in [0.4, 0.5) is 0 Å². The number of carbonyl (C=O) groups excluding carboxylic acids is 3. The van der Waals surface area contributed by atoms with Crippen molar-refractivity contribution in [2.75, 3.05) is 0 Å². The average Bonchev–Trinajstić information content (AvgIpc) is 2.91. The first kappa shape index (κ1) is 13.4. The van der Waals surface area contributed by atoms with Gasteiger partial charge in [0.1, 0.15) is 12.2 Å². The molecule has 5 unspecified atom stereocenters. The summed E-state index contributed by atoms with van der Waals surface area (Å²) in [6.07, 6.45) is 0.882. The van der Waals surface area contributed by atoms with Gasteiger partial charge in [0, 0.05) is 18.8 Å². The Morgan fingerprint density at radius 3 is 2.65 bits per heavy atom. The zero-order chi connectivity index (χ0) is 14.7. The molecule has 1 heterocycles. The largest absolute Gasteiger partial charge is 0.458 e. The Morgan fingerprint density at radius 2 is 2.00 bits per heavy atom. The van der Waals surface area contributed by atoms with Crippen LogP contribution < -0.4 is 0 Å². The molecule has 0 radical (unpaired) electrons. The number of hydrogen-bond donors (Lipinski definition) is 0. The summed E-state index contributed by atoms with van der Waals surface area (Å²) in [4.78, 5) is 34.8. The SMILES string of the molecule is CC(=O)OC(C)(C)C(=O)OC1C2CC3C(=O)OC1C3C2. The van der Waals surface area contributed by atoms with E-state index < -0.39 is 23.6 Å². The third kappa shape index (κ3) is 1.89. The molecule has 5 atom stereocenters. The second-order valence-electron chi connectivity index (χ2n) is 6.38. The van der Waals surface area contributed by atoms with Crippen LogP contribution in [0.2, 0.25) is 0 Å². The number of ether oxygens (including phenoxy) is 3. The fraction of sp³-hybridized carbons (Fsp3) is 0.786. The van der Waals surface area contributed by atoms with E-state index in [4.69, 9.17) is 14.2 Å². The van der Waals surface area contributed by atoms with Crippen LogP contribution in [0.25, 0.3) is 0 Å². The summed E-state index contributed by atoms with van der Waals surface area (Å²) >= 11 is 0. The van der Waals surface area contributed by atoms with Gasteiger partial charge < -0.3 is 14.2 Å². The molecule has 6 nitrogen and oxygen atoms in total. The molecule has 0 aromatic heterocycles. The highest BCUT2D eigenvalue weighted by Crippen LogP contribution is 2.55. The number of carbonyl (C=O) groups is 3. The monoisotopic (exact) mass is 282 g/mol. The third-order valence-corrected chi connectivity index (χ3v) is 4.55. The van der Waals surface area contributed by atoms with Gasteiger partial charge in [-0.3, -0.25) is 9.59 Å². The smallest absolute Gasteiger partial charge is 0.350 e. The Morgan fingerprint density at radius 1 is 1.30 bits per heavy atom. The first-order valence-corrected chi connectivity index (χ1v) is 6.91. The number of esters is 3. The van der Waals surface area contributed by atoms with E-state index in [-0.39, 0.29) is 29.8 Å². The fourth-order valence-corrected chi connectivity index (χ4v) is 3.73. The Balaban J connectivity index is 1.69. The van der Waals surface area contributed by atoms with Gasteiger partial charge in [-0.05, 0) is 26.7 Å². The van der Waals surface area contributed by atoms with E-state index in [1.165, 1.54) is 20.8 Å². The molecule has 0 aromatic carbocycles. The average molecular weight is 282 g/mol. The van der Waals surface area contributed by atoms with Crippen LogP contribution in [0.5, 0.6) is 0 Å². The van der Waals surface area contributed by atoms with E-state index in [9.17, 15) is 14.4 Å². The summed E-state index contributed by atoms with van der Waals surface area (Å²) in [5.41, 5.74) is -1.32. The van der Waals surface area contributed by atoms with Crippen LogP contribution in [0, 0.1) is 17.8 Å². The van der Waals surface area contributed by atoms with Gasteiger partial charge in [-0.1, -0.05) is 0 Å². The minimum atomic E-state index is -1.32. The second-order valence-corrected chi connectivity index (χ2v) is 6.38. The molecule has 2 bridgehead atoms. The van der Waals surface area contributed by atoms with Gasteiger partial charge >= 0.3 is 17.9 Å². The van der Waals surface area contributed by atoms with Crippen molar-refractivity contribution < 1.29 is 28.6 Å². The van der Waals surface area contributed by atoms with Gasteiger partial charge in [-0.15, -0.1) is 0 Å². The molecule has 0 amide bonds. The van der Waals surface area contributed by atoms with E-state index in [2.05, 4.69) is 0 Å². The van der Waals surface area contributed by atoms with E-state index in [1.807, 2.05) is 0 Å². The van der Waals surface area contributed by atoms with Crippen molar-refractivity contribution in [1.82, 2.24) is 0 Å². The van der Waals surface area contributed by atoms with Gasteiger partial charge in [-0.2, -0.15) is 0 Å². The predicted octanol–water partition coefficient (Wildman–Crippen LogP) is 0.821. The Bertz CT molecular complexity index is 482. The van der Waals surface area contributed by atoms with Crippen LogP contribution in [0.3, 0.4) is 0 Å². The molecule has 0 N–H and O–H groups in total. The first-order valence-electron chi connectivity index (χ1n) is 6.91. The maximum Gasteiger partial charge on any atom is 0.350 e. The van der Waals surface area contributed by atoms with Crippen molar-refractivity contribution in [3.8, 4) is 0 Å². The van der Waals surface area contributed by atoms with Crippen LogP contribution in [0.1, 0.15) is 33.6 Å². The molecule has 20 heavy (non-hydrogen) atoms. The lowest BCUT2D eigenvalue weighted by Gasteiger charge is -2.29. The predicted molar refractivity (Wildman–Crippen MR) is 65.3 cm³/mol. The molecule has 0 aromatic rings. The van der Waals surface area contributed by atoms with Gasteiger partial charge in [0.05, 0.1) is 5.92 Å². The molecule has 3 rings (SSSR count). The van der Waals surface area contributed by atoms with Crippen LogP contribution in [0.15, 0.2) is 0 Å². The molecule has 1 saturated heterocycles. The normalized spacial score (nSPS) is 37.8. The molecule has 3 fully saturated rings. The zero-order valence-electron chi connectivity index (χ0n) is 11.8. The molecule has 0 spiro atoms. The van der Waals surface area contributed by atoms with Gasteiger partial charge in [0.25, 0.3) is 0 Å². The van der Waals surface area contributed by atoms with E-state index in [0.717, 1.165) is 12.8 Å². The first-order chi connectivity index (χ1) is 9.29. The van der Waals surface area contributed by atoms with Crippen LogP contribution in [-0.2, 0) is 28.6 Å². The topological polar surface area (TPSA) is 78.9 Å². The fourth-order valence-electron chi connectivity index (χ4n) is 3.73.